The maximum Gasteiger partial charge on any atom is 0.248 e. The van der Waals surface area contributed by atoms with Crippen LogP contribution < -0.4 is 5.48 Å². The van der Waals surface area contributed by atoms with E-state index in [2.05, 4.69) is 10.3 Å². The highest BCUT2D eigenvalue weighted by Crippen LogP contribution is 2.11. The number of rotatable bonds is 4. The van der Waals surface area contributed by atoms with Gasteiger partial charge in [0.2, 0.25) is 5.91 Å². The number of hydrogen-bond donors (Lipinski definition) is 1. The van der Waals surface area contributed by atoms with E-state index in [0.29, 0.717) is 6.61 Å². The Labute approximate surface area is 86.0 Å². The molecule has 0 fully saturated rings. The summed E-state index contributed by atoms with van der Waals surface area (Å²) >= 11 is 0. The third-order valence-electron chi connectivity index (χ3n) is 1.71. The minimum absolute atomic E-state index is 0.00667. The Hall–Kier alpha value is -1.49. The predicted molar refractivity (Wildman–Crippen MR) is 49.8 cm³/mol. The van der Waals surface area contributed by atoms with Crippen LogP contribution in [0.5, 0.6) is 0 Å². The molecule has 15 heavy (non-hydrogen) atoms. The maximum absolute atomic E-state index is 13.1. The van der Waals surface area contributed by atoms with Crippen molar-refractivity contribution in [2.24, 2.45) is 0 Å². The number of hydrogen-bond acceptors (Lipinski definition) is 2. The Morgan fingerprint density at radius 2 is 2.20 bits per heavy atom. The van der Waals surface area contributed by atoms with Crippen molar-refractivity contribution < 1.29 is 18.4 Å². The second-order valence-corrected chi connectivity index (χ2v) is 2.85. The molecule has 0 aliphatic heterocycles. The second kappa shape index (κ2) is 5.41. The Morgan fingerprint density at radius 1 is 1.47 bits per heavy atom. The highest BCUT2D eigenvalue weighted by Gasteiger charge is 2.11. The first-order chi connectivity index (χ1) is 7.15. The van der Waals surface area contributed by atoms with E-state index in [4.69, 9.17) is 0 Å². The number of halogens is 2. The lowest BCUT2D eigenvalue weighted by Gasteiger charge is -2.04. The molecule has 0 aliphatic rings. The van der Waals surface area contributed by atoms with E-state index in [-0.39, 0.29) is 12.0 Å². The summed E-state index contributed by atoms with van der Waals surface area (Å²) in [5, 5.41) is 0. The topological polar surface area (TPSA) is 38.3 Å². The summed E-state index contributed by atoms with van der Waals surface area (Å²) in [7, 11) is 0. The lowest BCUT2D eigenvalue weighted by Crippen LogP contribution is -2.25. The molecule has 1 rings (SSSR count). The maximum atomic E-state index is 13.1. The van der Waals surface area contributed by atoms with Gasteiger partial charge in [0.05, 0.1) is 13.0 Å². The van der Waals surface area contributed by atoms with Gasteiger partial charge in [0.15, 0.2) is 11.6 Å². The van der Waals surface area contributed by atoms with Crippen molar-refractivity contribution in [2.75, 3.05) is 6.61 Å². The van der Waals surface area contributed by atoms with E-state index in [9.17, 15) is 13.6 Å². The summed E-state index contributed by atoms with van der Waals surface area (Å²) < 4.78 is 25.8. The number of carbonyl (C=O) groups is 1. The van der Waals surface area contributed by atoms with Crippen LogP contribution in [0.1, 0.15) is 12.5 Å². The van der Waals surface area contributed by atoms with Crippen LogP contribution in [0, 0.1) is 11.6 Å². The zero-order valence-electron chi connectivity index (χ0n) is 8.22. The van der Waals surface area contributed by atoms with Gasteiger partial charge in [-0.25, -0.2) is 14.3 Å². The van der Waals surface area contributed by atoms with E-state index >= 15 is 0 Å². The molecule has 0 saturated carbocycles. The van der Waals surface area contributed by atoms with Gasteiger partial charge < -0.3 is 0 Å². The SMILES string of the molecule is CCONC(=O)Cc1cccc(F)c1F. The molecule has 0 aliphatic carbocycles. The van der Waals surface area contributed by atoms with Gasteiger partial charge in [0.25, 0.3) is 0 Å². The molecule has 0 saturated heterocycles. The molecule has 0 unspecified atom stereocenters. The predicted octanol–water partition coefficient (Wildman–Crippen LogP) is 1.57. The Bertz CT molecular complexity index is 355. The van der Waals surface area contributed by atoms with Crippen molar-refractivity contribution in [2.45, 2.75) is 13.3 Å². The Balaban J connectivity index is 2.64. The monoisotopic (exact) mass is 215 g/mol. The molecule has 0 heterocycles. The molecule has 0 atom stereocenters. The van der Waals surface area contributed by atoms with Gasteiger partial charge in [0, 0.05) is 5.56 Å². The third-order valence-corrected chi connectivity index (χ3v) is 1.71. The van der Waals surface area contributed by atoms with Gasteiger partial charge in [0.1, 0.15) is 0 Å². The van der Waals surface area contributed by atoms with Crippen LogP contribution in [0.3, 0.4) is 0 Å². The van der Waals surface area contributed by atoms with Gasteiger partial charge >= 0.3 is 0 Å². The van der Waals surface area contributed by atoms with Gasteiger partial charge in [-0.15, -0.1) is 0 Å². The van der Waals surface area contributed by atoms with Gasteiger partial charge in [-0.3, -0.25) is 9.63 Å². The first kappa shape index (κ1) is 11.6. The number of amides is 1. The Kier molecular flexibility index (Phi) is 4.17. The minimum atomic E-state index is -0.996. The zero-order valence-corrected chi connectivity index (χ0v) is 8.22. The average Bonchev–Trinajstić information content (AvgIpc) is 2.22. The number of nitrogens with one attached hydrogen (secondary N) is 1. The summed E-state index contributed by atoms with van der Waals surface area (Å²) in [5.74, 6) is -2.47. The highest BCUT2D eigenvalue weighted by molar-refractivity contribution is 5.77. The molecule has 0 spiro atoms. The van der Waals surface area contributed by atoms with Crippen LogP contribution >= 0.6 is 0 Å². The largest absolute Gasteiger partial charge is 0.274 e. The summed E-state index contributed by atoms with van der Waals surface area (Å²) in [4.78, 5) is 15.7. The van der Waals surface area contributed by atoms with Crippen LogP contribution in [0.2, 0.25) is 0 Å². The smallest absolute Gasteiger partial charge is 0.248 e. The number of carbonyl (C=O) groups excluding carboxylic acids is 1. The van der Waals surface area contributed by atoms with Crippen LogP contribution in [0.4, 0.5) is 8.78 Å². The minimum Gasteiger partial charge on any atom is -0.274 e. The van der Waals surface area contributed by atoms with E-state index in [0.717, 1.165) is 6.07 Å². The van der Waals surface area contributed by atoms with Gasteiger partial charge in [-0.1, -0.05) is 12.1 Å². The molecule has 82 valence electrons. The van der Waals surface area contributed by atoms with Crippen LogP contribution in [-0.4, -0.2) is 12.5 Å². The normalized spacial score (nSPS) is 10.1. The fraction of sp³-hybridized carbons (Fsp3) is 0.300. The first-order valence-corrected chi connectivity index (χ1v) is 4.48. The molecule has 1 aromatic carbocycles. The van der Waals surface area contributed by atoms with E-state index < -0.39 is 17.5 Å². The summed E-state index contributed by atoms with van der Waals surface area (Å²) in [6, 6.07) is 3.70. The zero-order chi connectivity index (χ0) is 11.3. The summed E-state index contributed by atoms with van der Waals surface area (Å²) in [6.45, 7) is 2.01. The lowest BCUT2D eigenvalue weighted by atomic mass is 10.1. The van der Waals surface area contributed by atoms with E-state index in [1.807, 2.05) is 0 Å². The third kappa shape index (κ3) is 3.28. The van der Waals surface area contributed by atoms with Crippen LogP contribution in [-0.2, 0) is 16.1 Å². The lowest BCUT2D eigenvalue weighted by molar-refractivity contribution is -0.132. The van der Waals surface area contributed by atoms with Crippen molar-refractivity contribution in [3.63, 3.8) is 0 Å². The molecule has 3 nitrogen and oxygen atoms in total. The molecular weight excluding hydrogens is 204 g/mol. The van der Waals surface area contributed by atoms with Gasteiger partial charge in [-0.2, -0.15) is 0 Å². The van der Waals surface area contributed by atoms with Crippen LogP contribution in [0.15, 0.2) is 18.2 Å². The van der Waals surface area contributed by atoms with E-state index in [1.54, 1.807) is 6.92 Å². The molecule has 5 heteroatoms. The first-order valence-electron chi connectivity index (χ1n) is 4.48. The fourth-order valence-electron chi connectivity index (χ4n) is 1.05. The highest BCUT2D eigenvalue weighted by atomic mass is 19.2. The standard InChI is InChI=1S/C10H11F2NO2/c1-2-15-13-9(14)6-7-4-3-5-8(11)10(7)12/h3-5H,2,6H2,1H3,(H,13,14). The molecule has 0 bridgehead atoms. The number of hydroxylamine groups is 1. The van der Waals surface area contributed by atoms with Crippen molar-refractivity contribution >= 4 is 5.91 Å². The summed E-state index contributed by atoms with van der Waals surface area (Å²) in [5.41, 5.74) is 2.11. The fourth-order valence-corrected chi connectivity index (χ4v) is 1.05. The Morgan fingerprint density at radius 3 is 2.87 bits per heavy atom. The molecule has 1 amide bonds. The quantitative estimate of drug-likeness (QED) is 0.774. The van der Waals surface area contributed by atoms with Gasteiger partial charge in [-0.05, 0) is 13.0 Å². The molecule has 0 radical (unpaired) electrons. The second-order valence-electron chi connectivity index (χ2n) is 2.85. The number of benzene rings is 1. The van der Waals surface area contributed by atoms with Crippen molar-refractivity contribution in [1.29, 1.82) is 0 Å². The van der Waals surface area contributed by atoms with Crippen molar-refractivity contribution in [1.82, 2.24) is 5.48 Å². The molecular formula is C10H11F2NO2. The average molecular weight is 215 g/mol. The van der Waals surface area contributed by atoms with Crippen molar-refractivity contribution in [3.8, 4) is 0 Å². The molecule has 1 N–H and O–H groups in total. The van der Waals surface area contributed by atoms with Crippen molar-refractivity contribution in [3.05, 3.63) is 35.4 Å². The molecule has 0 aromatic heterocycles. The van der Waals surface area contributed by atoms with Crippen LogP contribution in [0.25, 0.3) is 0 Å². The van der Waals surface area contributed by atoms with E-state index in [1.165, 1.54) is 12.1 Å². The summed E-state index contributed by atoms with van der Waals surface area (Å²) in [6.07, 6.45) is -0.246. The molecule has 1 aromatic rings.